The Kier molecular flexibility index (Phi) is 43.8. The molecule has 12 rings (SSSR count). The molecule has 24 nitrogen and oxygen atoms in total. The molecule has 0 radical (unpaired) electrons. The van der Waals surface area contributed by atoms with E-state index < -0.39 is 42.7 Å². The molecular formula is C109H118BrClFIO24. The van der Waals surface area contributed by atoms with Crippen LogP contribution in [-0.4, -0.2) is 79.6 Å². The van der Waals surface area contributed by atoms with Gasteiger partial charge in [0.25, 0.3) is 0 Å². The molecule has 0 fully saturated rings. The fraction of sp³-hybridized carbons (Fsp3) is 0.284. The van der Waals surface area contributed by atoms with Crippen molar-refractivity contribution < 1.29 is 118 Å². The molecule has 0 aliphatic rings. The van der Waals surface area contributed by atoms with Crippen LogP contribution in [0.3, 0.4) is 0 Å². The van der Waals surface area contributed by atoms with Gasteiger partial charge in [-0.25, -0.2) is 33.2 Å². The van der Waals surface area contributed by atoms with E-state index in [4.69, 9.17) is 68.4 Å². The van der Waals surface area contributed by atoms with E-state index in [1.54, 1.807) is 54.6 Å². The first-order valence-electron chi connectivity index (χ1n) is 43.2. The topological polar surface area (TPSA) is 269 Å². The second-order valence-electron chi connectivity index (χ2n) is 31.8. The molecule has 0 aromatic heterocycles. The van der Waals surface area contributed by atoms with Crippen LogP contribution in [0.1, 0.15) is 139 Å². The number of para-hydroxylation sites is 1. The molecule has 0 bridgehead atoms. The Morgan fingerprint density at radius 3 is 0.847 bits per heavy atom. The lowest BCUT2D eigenvalue weighted by molar-refractivity contribution is 0.119. The smallest absolute Gasteiger partial charge is 0.488 e. The molecule has 0 saturated carbocycles. The lowest BCUT2D eigenvalue weighted by atomic mass is 10.1. The summed E-state index contributed by atoms with van der Waals surface area (Å²) in [6.07, 6.45) is -4.67. The van der Waals surface area contributed by atoms with Gasteiger partial charge >= 0.3 is 36.9 Å². The normalized spacial score (nSPS) is 10.3. The Morgan fingerprint density at radius 1 is 0.248 bits per heavy atom. The molecule has 0 aliphatic carbocycles. The van der Waals surface area contributed by atoms with Gasteiger partial charge in [0.05, 0.1) is 58.8 Å². The first kappa shape index (κ1) is 110. The van der Waals surface area contributed by atoms with E-state index in [0.29, 0.717) is 64.9 Å². The molecule has 137 heavy (non-hydrogen) atoms. The van der Waals surface area contributed by atoms with Crippen LogP contribution in [0.5, 0.6) is 69.0 Å². The number of benzene rings is 12. The zero-order valence-corrected chi connectivity index (χ0v) is 86.4. The Hall–Kier alpha value is -13.5. The predicted octanol–water partition coefficient (Wildman–Crippen LogP) is 28.5. The Morgan fingerprint density at radius 2 is 0.489 bits per heavy atom. The molecule has 0 heterocycles. The van der Waals surface area contributed by atoms with Crippen LogP contribution >= 0.6 is 50.1 Å². The Labute approximate surface area is 828 Å². The van der Waals surface area contributed by atoms with E-state index in [1.807, 2.05) is 161 Å². The maximum absolute atomic E-state index is 14.0. The third-order valence-corrected chi connectivity index (χ3v) is 23.9. The van der Waals surface area contributed by atoms with Crippen LogP contribution in [-0.2, 0) is 68.1 Å². The van der Waals surface area contributed by atoms with Gasteiger partial charge in [0.2, 0.25) is 0 Å². The standard InChI is InChI=1S/C19H22O4.C18H19BrO4.C18H19ClO4.C18H19FO4.C18H19IO4.C18H20O4/c1-12-7-6-8-17(23-19(20)21-5)16(12)11-22-18-10-14(3)13(2)9-15(18)4;4*1-11-8-13(3)17(9-12(11)2)22-10-14-15(19)6-5-7-16(14)23-18(20)21-4;1-12-9-14(3)17(10-13(12)2)21-11-15-7-5-6-8-16(15)22-18(19)20-4/h6-10H,11H2,1-5H3;4*5-9H,10H2,1-4H3;5-10H,11H2,1-4H3. The number of hydrogen-bond acceptors (Lipinski definition) is 24. The van der Waals surface area contributed by atoms with Gasteiger partial charge in [-0.05, 0) is 357 Å². The minimum atomic E-state index is -0.904. The van der Waals surface area contributed by atoms with Gasteiger partial charge in [0.1, 0.15) is 114 Å². The SMILES string of the molecule is COC(=O)Oc1cccc(Br)c1COc1cc(C)c(C)cc1C.COC(=O)Oc1cccc(C)c1COc1cc(C)c(C)cc1C.COC(=O)Oc1cccc(Cl)c1COc1cc(C)c(C)cc1C.COC(=O)Oc1cccc(F)c1COc1cc(C)c(C)cc1C.COC(=O)Oc1cccc(I)c1COc1cc(C)c(C)cc1C.COC(=O)Oc1ccccc1COc1cc(C)c(C)cc1C. The number of hydrogen-bond donors (Lipinski definition) is 0. The number of carbonyl (C=O) groups is 6. The fourth-order valence-corrected chi connectivity index (χ4v) is 14.3. The largest absolute Gasteiger partial charge is 0.513 e. The van der Waals surface area contributed by atoms with Crippen LogP contribution in [0.4, 0.5) is 33.2 Å². The molecular weight excluding hydrogens is 1950 g/mol. The number of carbonyl (C=O) groups excluding carboxylic acids is 6. The summed E-state index contributed by atoms with van der Waals surface area (Å²) in [5.41, 5.74) is 25.5. The third kappa shape index (κ3) is 33.8. The van der Waals surface area contributed by atoms with E-state index in [1.165, 1.54) is 111 Å². The second-order valence-corrected chi connectivity index (χ2v) is 34.2. The van der Waals surface area contributed by atoms with E-state index >= 15 is 0 Å². The Bertz CT molecular complexity index is 5500. The zero-order valence-electron chi connectivity index (χ0n) is 82.0. The summed E-state index contributed by atoms with van der Waals surface area (Å²) in [6.45, 7) is 39.9. The second kappa shape index (κ2) is 54.3. The van der Waals surface area contributed by atoms with Crippen molar-refractivity contribution in [3.8, 4) is 69.0 Å². The monoisotopic (exact) mass is 2070 g/mol. The average molecular weight is 2070 g/mol. The summed E-state index contributed by atoms with van der Waals surface area (Å²) < 4.78 is 109. The molecule has 726 valence electrons. The number of halogens is 4. The van der Waals surface area contributed by atoms with Crippen molar-refractivity contribution in [3.05, 3.63) is 346 Å². The van der Waals surface area contributed by atoms with Gasteiger partial charge < -0.3 is 85.3 Å². The van der Waals surface area contributed by atoms with Crippen molar-refractivity contribution in [1.29, 1.82) is 0 Å². The van der Waals surface area contributed by atoms with E-state index in [-0.39, 0.29) is 31.1 Å². The highest BCUT2D eigenvalue weighted by Crippen LogP contribution is 2.37. The van der Waals surface area contributed by atoms with Crippen LogP contribution in [0.15, 0.2) is 193 Å². The predicted molar refractivity (Wildman–Crippen MR) is 537 cm³/mol. The van der Waals surface area contributed by atoms with Crippen molar-refractivity contribution in [3.63, 3.8) is 0 Å². The number of aryl methyl sites for hydroxylation is 19. The lowest BCUT2D eigenvalue weighted by Gasteiger charge is -2.15. The highest BCUT2D eigenvalue weighted by molar-refractivity contribution is 14.1. The maximum Gasteiger partial charge on any atom is 0.513 e. The minimum absolute atomic E-state index is 0.0532. The molecule has 28 heteroatoms. The number of methoxy groups -OCH3 is 6. The Balaban J connectivity index is 0.000000224. The summed E-state index contributed by atoms with van der Waals surface area (Å²) in [7, 11) is 7.56. The van der Waals surface area contributed by atoms with Gasteiger partial charge in [-0.15, -0.1) is 0 Å². The zero-order chi connectivity index (χ0) is 101. The van der Waals surface area contributed by atoms with Crippen LogP contribution in [0.25, 0.3) is 0 Å². The first-order valence-corrected chi connectivity index (χ1v) is 45.4. The minimum Gasteiger partial charge on any atom is -0.488 e. The molecule has 0 amide bonds. The van der Waals surface area contributed by atoms with Crippen molar-refractivity contribution >= 4 is 87.1 Å². The van der Waals surface area contributed by atoms with Crippen molar-refractivity contribution in [2.24, 2.45) is 0 Å². The molecule has 0 atom stereocenters. The first-order chi connectivity index (χ1) is 65.1. The van der Waals surface area contributed by atoms with Crippen molar-refractivity contribution in [2.45, 2.75) is 171 Å². The molecule has 0 spiro atoms. The molecule has 12 aromatic carbocycles. The quantitative estimate of drug-likeness (QED) is 0.0235. The van der Waals surface area contributed by atoms with E-state index in [0.717, 1.165) is 115 Å². The summed E-state index contributed by atoms with van der Waals surface area (Å²) >= 11 is 11.9. The highest BCUT2D eigenvalue weighted by Gasteiger charge is 2.22. The van der Waals surface area contributed by atoms with Gasteiger partial charge in [-0.2, -0.15) is 0 Å². The highest BCUT2D eigenvalue weighted by atomic mass is 127. The van der Waals surface area contributed by atoms with Gasteiger partial charge in [-0.1, -0.05) is 119 Å². The fourth-order valence-electron chi connectivity index (χ4n) is 13.0. The average Bonchev–Trinajstić information content (AvgIpc) is 0.837. The molecule has 0 aliphatic heterocycles. The lowest BCUT2D eigenvalue weighted by Crippen LogP contribution is -2.11. The summed E-state index contributed by atoms with van der Waals surface area (Å²) in [4.78, 5) is 67.9. The molecule has 12 aromatic rings. The van der Waals surface area contributed by atoms with Crippen LogP contribution in [0, 0.1) is 141 Å². The molecule has 0 unspecified atom stereocenters. The van der Waals surface area contributed by atoms with E-state index in [2.05, 4.69) is 153 Å². The van der Waals surface area contributed by atoms with Crippen LogP contribution in [0.2, 0.25) is 5.02 Å². The van der Waals surface area contributed by atoms with E-state index in [9.17, 15) is 33.2 Å². The van der Waals surface area contributed by atoms with Gasteiger partial charge in [0.15, 0.2) is 0 Å². The summed E-state index contributed by atoms with van der Waals surface area (Å²) in [6, 6.07) is 57.4. The van der Waals surface area contributed by atoms with Gasteiger partial charge in [0, 0.05) is 30.3 Å². The third-order valence-electron chi connectivity index (χ3n) is 21.8. The van der Waals surface area contributed by atoms with Crippen LogP contribution < -0.4 is 56.8 Å². The number of ether oxygens (including phenoxy) is 18. The number of rotatable bonds is 24. The van der Waals surface area contributed by atoms with Gasteiger partial charge in [-0.3, -0.25) is 0 Å². The summed E-state index contributed by atoms with van der Waals surface area (Å²) in [5, 5.41) is 0.466. The molecule has 0 N–H and O–H groups in total. The summed E-state index contributed by atoms with van der Waals surface area (Å²) in [5.74, 6) is 6.41. The molecule has 0 saturated heterocycles. The van der Waals surface area contributed by atoms with Crippen molar-refractivity contribution in [1.82, 2.24) is 0 Å². The maximum atomic E-state index is 14.0. The van der Waals surface area contributed by atoms with Crippen molar-refractivity contribution in [2.75, 3.05) is 42.7 Å².